The molecule has 0 aliphatic carbocycles. The van der Waals surface area contributed by atoms with Crippen LogP contribution in [0.2, 0.25) is 0 Å². The molecule has 0 saturated carbocycles. The number of carbonyl (C=O) groups excluding carboxylic acids is 1. The van der Waals surface area contributed by atoms with Crippen molar-refractivity contribution >= 4 is 21.8 Å². The molecule has 0 heterocycles. The van der Waals surface area contributed by atoms with Gasteiger partial charge in [0.1, 0.15) is 5.75 Å². The molecule has 0 aliphatic rings. The van der Waals surface area contributed by atoms with E-state index in [4.69, 9.17) is 4.74 Å². The van der Waals surface area contributed by atoms with E-state index in [0.29, 0.717) is 12.3 Å². The Morgan fingerprint density at radius 1 is 1.37 bits per heavy atom. The van der Waals surface area contributed by atoms with E-state index < -0.39 is 0 Å². The first-order chi connectivity index (χ1) is 9.06. The lowest BCUT2D eigenvalue weighted by Gasteiger charge is -2.18. The lowest BCUT2D eigenvalue weighted by atomic mass is 10.0. The zero-order chi connectivity index (χ0) is 14.3. The minimum absolute atomic E-state index is 0.0367. The van der Waals surface area contributed by atoms with Gasteiger partial charge in [-0.15, -0.1) is 0 Å². The van der Waals surface area contributed by atoms with E-state index in [1.165, 1.54) is 0 Å². The molecule has 0 saturated heterocycles. The SMILES string of the molecule is COc1ccccc1CC(=O)NC(CBr)CC(C)C. The smallest absolute Gasteiger partial charge is 0.224 e. The first-order valence-electron chi connectivity index (χ1n) is 6.54. The van der Waals surface area contributed by atoms with Crippen molar-refractivity contribution < 1.29 is 9.53 Å². The number of alkyl halides is 1. The van der Waals surface area contributed by atoms with Gasteiger partial charge in [-0.1, -0.05) is 48.0 Å². The number of halogens is 1. The molecule has 1 atom stereocenters. The molecular formula is C15H22BrNO2. The fourth-order valence-corrected chi connectivity index (χ4v) is 2.46. The van der Waals surface area contributed by atoms with Crippen LogP contribution in [0.25, 0.3) is 0 Å². The van der Waals surface area contributed by atoms with Crippen LogP contribution in [-0.4, -0.2) is 24.4 Å². The number of nitrogens with one attached hydrogen (secondary N) is 1. The molecule has 1 amide bonds. The largest absolute Gasteiger partial charge is 0.496 e. The van der Waals surface area contributed by atoms with Gasteiger partial charge in [0.05, 0.1) is 13.5 Å². The van der Waals surface area contributed by atoms with E-state index >= 15 is 0 Å². The number of carbonyl (C=O) groups is 1. The molecule has 0 bridgehead atoms. The first-order valence-corrected chi connectivity index (χ1v) is 7.66. The molecule has 4 heteroatoms. The van der Waals surface area contributed by atoms with Gasteiger partial charge in [-0.05, 0) is 18.4 Å². The van der Waals surface area contributed by atoms with Crippen molar-refractivity contribution in [1.82, 2.24) is 5.32 Å². The molecule has 0 aliphatic heterocycles. The summed E-state index contributed by atoms with van der Waals surface area (Å²) in [6, 6.07) is 7.80. The highest BCUT2D eigenvalue weighted by Crippen LogP contribution is 2.18. The maximum Gasteiger partial charge on any atom is 0.224 e. The number of rotatable bonds is 7. The molecule has 106 valence electrons. The predicted octanol–water partition coefficient (Wildman–Crippen LogP) is 3.16. The number of para-hydroxylation sites is 1. The van der Waals surface area contributed by atoms with E-state index in [9.17, 15) is 4.79 Å². The molecule has 0 aromatic heterocycles. The summed E-state index contributed by atoms with van der Waals surface area (Å²) in [5, 5.41) is 3.84. The van der Waals surface area contributed by atoms with E-state index in [-0.39, 0.29) is 11.9 Å². The molecule has 1 aromatic carbocycles. The number of hydrogen-bond acceptors (Lipinski definition) is 2. The van der Waals surface area contributed by atoms with Crippen LogP contribution in [0.1, 0.15) is 25.8 Å². The molecule has 3 nitrogen and oxygen atoms in total. The maximum absolute atomic E-state index is 12.0. The summed E-state index contributed by atoms with van der Waals surface area (Å²) in [7, 11) is 1.62. The zero-order valence-electron chi connectivity index (χ0n) is 11.8. The van der Waals surface area contributed by atoms with Gasteiger partial charge in [0, 0.05) is 16.9 Å². The zero-order valence-corrected chi connectivity index (χ0v) is 13.4. The normalized spacial score (nSPS) is 12.3. The summed E-state index contributed by atoms with van der Waals surface area (Å²) in [6.45, 7) is 4.31. The van der Waals surface area contributed by atoms with Gasteiger partial charge in [0.25, 0.3) is 0 Å². The van der Waals surface area contributed by atoms with Gasteiger partial charge in [-0.25, -0.2) is 0 Å². The monoisotopic (exact) mass is 327 g/mol. The van der Waals surface area contributed by atoms with E-state index in [1.54, 1.807) is 7.11 Å². The molecule has 1 unspecified atom stereocenters. The molecule has 1 aromatic rings. The molecular weight excluding hydrogens is 306 g/mol. The Morgan fingerprint density at radius 2 is 2.05 bits per heavy atom. The Balaban J connectivity index is 2.59. The molecule has 0 spiro atoms. The number of hydrogen-bond donors (Lipinski definition) is 1. The van der Waals surface area contributed by atoms with E-state index in [1.807, 2.05) is 24.3 Å². The third kappa shape index (κ3) is 5.64. The van der Waals surface area contributed by atoms with Gasteiger partial charge in [-0.3, -0.25) is 4.79 Å². The van der Waals surface area contributed by atoms with Crippen molar-refractivity contribution in [1.29, 1.82) is 0 Å². The van der Waals surface area contributed by atoms with Crippen LogP contribution in [0.3, 0.4) is 0 Å². The van der Waals surface area contributed by atoms with Gasteiger partial charge < -0.3 is 10.1 Å². The van der Waals surface area contributed by atoms with Gasteiger partial charge >= 0.3 is 0 Å². The fraction of sp³-hybridized carbons (Fsp3) is 0.533. The number of methoxy groups -OCH3 is 1. The van der Waals surface area contributed by atoms with Crippen molar-refractivity contribution in [2.24, 2.45) is 5.92 Å². The van der Waals surface area contributed by atoms with E-state index in [0.717, 1.165) is 23.1 Å². The average molecular weight is 328 g/mol. The number of benzene rings is 1. The van der Waals surface area contributed by atoms with Crippen LogP contribution < -0.4 is 10.1 Å². The standard InChI is InChI=1S/C15H22BrNO2/c1-11(2)8-13(10-16)17-15(18)9-12-6-4-5-7-14(12)19-3/h4-7,11,13H,8-10H2,1-3H3,(H,17,18). The minimum atomic E-state index is 0.0367. The van der Waals surface area contributed by atoms with Crippen molar-refractivity contribution in [3.63, 3.8) is 0 Å². The highest BCUT2D eigenvalue weighted by molar-refractivity contribution is 9.09. The molecule has 0 fully saturated rings. The second-order valence-electron chi connectivity index (χ2n) is 5.04. The highest BCUT2D eigenvalue weighted by Gasteiger charge is 2.14. The second kappa shape index (κ2) is 8.20. The van der Waals surface area contributed by atoms with Gasteiger partial charge in [-0.2, -0.15) is 0 Å². The molecule has 1 rings (SSSR count). The lowest BCUT2D eigenvalue weighted by Crippen LogP contribution is -2.37. The molecule has 0 radical (unpaired) electrons. The summed E-state index contributed by atoms with van der Waals surface area (Å²) < 4.78 is 5.25. The van der Waals surface area contributed by atoms with Crippen LogP contribution >= 0.6 is 15.9 Å². The topological polar surface area (TPSA) is 38.3 Å². The minimum Gasteiger partial charge on any atom is -0.496 e. The van der Waals surface area contributed by atoms with Crippen LogP contribution in [0.15, 0.2) is 24.3 Å². The van der Waals surface area contributed by atoms with Crippen LogP contribution in [0.5, 0.6) is 5.75 Å². The first kappa shape index (κ1) is 16.0. The van der Waals surface area contributed by atoms with Crippen molar-refractivity contribution in [3.05, 3.63) is 29.8 Å². The Kier molecular flexibility index (Phi) is 6.92. The second-order valence-corrected chi connectivity index (χ2v) is 5.68. The average Bonchev–Trinajstić information content (AvgIpc) is 2.38. The molecule has 1 N–H and O–H groups in total. The highest BCUT2D eigenvalue weighted by atomic mass is 79.9. The Morgan fingerprint density at radius 3 is 2.63 bits per heavy atom. The van der Waals surface area contributed by atoms with Crippen LogP contribution in [0, 0.1) is 5.92 Å². The fourth-order valence-electron chi connectivity index (χ4n) is 2.03. The third-order valence-electron chi connectivity index (χ3n) is 2.85. The lowest BCUT2D eigenvalue weighted by molar-refractivity contribution is -0.121. The van der Waals surface area contributed by atoms with E-state index in [2.05, 4.69) is 35.1 Å². The van der Waals surface area contributed by atoms with Gasteiger partial charge in [0.2, 0.25) is 5.91 Å². The Labute approximate surface area is 123 Å². The van der Waals surface area contributed by atoms with Crippen LogP contribution in [-0.2, 0) is 11.2 Å². The van der Waals surface area contributed by atoms with Crippen molar-refractivity contribution in [2.45, 2.75) is 32.7 Å². The quantitative estimate of drug-likeness (QED) is 0.781. The predicted molar refractivity (Wildman–Crippen MR) is 81.9 cm³/mol. The number of amides is 1. The summed E-state index contributed by atoms with van der Waals surface area (Å²) in [6.07, 6.45) is 1.33. The maximum atomic E-state index is 12.0. The molecule has 19 heavy (non-hydrogen) atoms. The summed E-state index contributed by atoms with van der Waals surface area (Å²) in [4.78, 5) is 12.0. The number of ether oxygens (including phenoxy) is 1. The summed E-state index contributed by atoms with van der Waals surface area (Å²) >= 11 is 3.45. The van der Waals surface area contributed by atoms with Crippen molar-refractivity contribution in [3.8, 4) is 5.75 Å². The summed E-state index contributed by atoms with van der Waals surface area (Å²) in [5.74, 6) is 1.36. The summed E-state index contributed by atoms with van der Waals surface area (Å²) in [5.41, 5.74) is 0.917. The van der Waals surface area contributed by atoms with Crippen LogP contribution in [0.4, 0.5) is 0 Å². The third-order valence-corrected chi connectivity index (χ3v) is 3.63. The van der Waals surface area contributed by atoms with Crippen molar-refractivity contribution in [2.75, 3.05) is 12.4 Å². The Hall–Kier alpha value is -1.03. The Bertz CT molecular complexity index is 407. The van der Waals surface area contributed by atoms with Gasteiger partial charge in [0.15, 0.2) is 0 Å².